The van der Waals surface area contributed by atoms with Crippen molar-refractivity contribution < 1.29 is 9.59 Å². The summed E-state index contributed by atoms with van der Waals surface area (Å²) in [5, 5.41) is 5.95. The van der Waals surface area contributed by atoms with E-state index in [1.807, 2.05) is 13.8 Å². The van der Waals surface area contributed by atoms with Crippen LogP contribution in [-0.4, -0.2) is 24.4 Å². The largest absolute Gasteiger partial charge is 0.368 e. The smallest absolute Gasteiger partial charge is 0.238 e. The number of anilines is 1. The number of carbonyl (C=O) groups is 2. The second-order valence-electron chi connectivity index (χ2n) is 4.53. The first-order valence-electron chi connectivity index (χ1n) is 5.99. The van der Waals surface area contributed by atoms with Crippen LogP contribution in [0.3, 0.4) is 0 Å². The first-order chi connectivity index (χ1) is 8.91. The van der Waals surface area contributed by atoms with Gasteiger partial charge in [0.05, 0.1) is 23.3 Å². The van der Waals surface area contributed by atoms with Crippen LogP contribution in [0.1, 0.15) is 13.8 Å². The van der Waals surface area contributed by atoms with Crippen LogP contribution in [0.2, 0.25) is 5.02 Å². The number of primary amides is 1. The molecule has 0 bridgehead atoms. The van der Waals surface area contributed by atoms with Gasteiger partial charge in [0.25, 0.3) is 0 Å². The van der Waals surface area contributed by atoms with Crippen molar-refractivity contribution in [3.63, 3.8) is 0 Å². The van der Waals surface area contributed by atoms with Gasteiger partial charge in [-0.3, -0.25) is 14.9 Å². The number of hydrogen-bond acceptors (Lipinski definition) is 3. The first-order valence-corrected chi connectivity index (χ1v) is 6.36. The van der Waals surface area contributed by atoms with Gasteiger partial charge in [0.1, 0.15) is 0 Å². The predicted octanol–water partition coefficient (Wildman–Crippen LogP) is 1.38. The van der Waals surface area contributed by atoms with Crippen molar-refractivity contribution in [2.24, 2.45) is 11.7 Å². The molecule has 1 unspecified atom stereocenters. The minimum absolute atomic E-state index is 0.00297. The second kappa shape index (κ2) is 7.11. The Hall–Kier alpha value is -1.59. The van der Waals surface area contributed by atoms with E-state index in [1.165, 1.54) is 0 Å². The SMILES string of the molecule is CC(C)C(NCC(=O)Nc1ccccc1Cl)C(N)=O. The Bertz CT molecular complexity index is 463. The molecule has 1 rings (SSSR count). The molecule has 0 spiro atoms. The monoisotopic (exact) mass is 283 g/mol. The van der Waals surface area contributed by atoms with Gasteiger partial charge in [-0.05, 0) is 18.1 Å². The van der Waals surface area contributed by atoms with Gasteiger partial charge in [-0.15, -0.1) is 0 Å². The van der Waals surface area contributed by atoms with E-state index in [1.54, 1.807) is 24.3 Å². The summed E-state index contributed by atoms with van der Waals surface area (Å²) in [5.41, 5.74) is 5.78. The molecule has 0 saturated heterocycles. The van der Waals surface area contributed by atoms with E-state index in [0.29, 0.717) is 10.7 Å². The maximum absolute atomic E-state index is 11.7. The van der Waals surface area contributed by atoms with Crippen LogP contribution in [0.5, 0.6) is 0 Å². The Balaban J connectivity index is 2.52. The highest BCUT2D eigenvalue weighted by Crippen LogP contribution is 2.19. The van der Waals surface area contributed by atoms with Crippen LogP contribution < -0.4 is 16.4 Å². The van der Waals surface area contributed by atoms with Crippen LogP contribution in [-0.2, 0) is 9.59 Å². The molecular formula is C13H18ClN3O2. The summed E-state index contributed by atoms with van der Waals surface area (Å²) in [5.74, 6) is -0.730. The first kappa shape index (κ1) is 15.5. The van der Waals surface area contributed by atoms with E-state index >= 15 is 0 Å². The van der Waals surface area contributed by atoms with E-state index in [0.717, 1.165) is 0 Å². The van der Waals surface area contributed by atoms with Crippen molar-refractivity contribution in [1.82, 2.24) is 5.32 Å². The lowest BCUT2D eigenvalue weighted by molar-refractivity contribution is -0.121. The Morgan fingerprint density at radius 2 is 1.95 bits per heavy atom. The van der Waals surface area contributed by atoms with Gasteiger partial charge in [-0.1, -0.05) is 37.6 Å². The second-order valence-corrected chi connectivity index (χ2v) is 4.94. The summed E-state index contributed by atoms with van der Waals surface area (Å²) >= 11 is 5.92. The summed E-state index contributed by atoms with van der Waals surface area (Å²) in [6, 6.07) is 6.41. The molecule has 1 aromatic rings. The maximum Gasteiger partial charge on any atom is 0.238 e. The summed E-state index contributed by atoms with van der Waals surface area (Å²) in [6.45, 7) is 3.71. The number of nitrogens with one attached hydrogen (secondary N) is 2. The van der Waals surface area contributed by atoms with Crippen LogP contribution in [0.25, 0.3) is 0 Å². The number of benzene rings is 1. The Morgan fingerprint density at radius 1 is 1.32 bits per heavy atom. The van der Waals surface area contributed by atoms with Crippen LogP contribution in [0.4, 0.5) is 5.69 Å². The molecule has 0 saturated carbocycles. The number of rotatable bonds is 6. The van der Waals surface area contributed by atoms with Gasteiger partial charge in [0.2, 0.25) is 11.8 Å². The number of para-hydroxylation sites is 1. The topological polar surface area (TPSA) is 84.2 Å². The Kier molecular flexibility index (Phi) is 5.79. The molecule has 0 heterocycles. The number of hydrogen-bond donors (Lipinski definition) is 3. The molecule has 2 amide bonds. The fraction of sp³-hybridized carbons (Fsp3) is 0.385. The zero-order valence-corrected chi connectivity index (χ0v) is 11.7. The van der Waals surface area contributed by atoms with Crippen LogP contribution >= 0.6 is 11.6 Å². The molecule has 0 radical (unpaired) electrons. The zero-order chi connectivity index (χ0) is 14.4. The lowest BCUT2D eigenvalue weighted by Gasteiger charge is -2.18. The van der Waals surface area contributed by atoms with Crippen LogP contribution in [0, 0.1) is 5.92 Å². The Labute approximate surface area is 117 Å². The van der Waals surface area contributed by atoms with Gasteiger partial charge < -0.3 is 11.1 Å². The summed E-state index contributed by atoms with van der Waals surface area (Å²) < 4.78 is 0. The van der Waals surface area contributed by atoms with E-state index < -0.39 is 11.9 Å². The summed E-state index contributed by atoms with van der Waals surface area (Å²) in [4.78, 5) is 22.9. The molecule has 0 aromatic heterocycles. The quantitative estimate of drug-likeness (QED) is 0.737. The lowest BCUT2D eigenvalue weighted by Crippen LogP contribution is -2.47. The minimum atomic E-state index is -0.531. The minimum Gasteiger partial charge on any atom is -0.368 e. The highest BCUT2D eigenvalue weighted by atomic mass is 35.5. The highest BCUT2D eigenvalue weighted by molar-refractivity contribution is 6.33. The van der Waals surface area contributed by atoms with Crippen molar-refractivity contribution >= 4 is 29.1 Å². The molecule has 5 nitrogen and oxygen atoms in total. The van der Waals surface area contributed by atoms with Gasteiger partial charge >= 0.3 is 0 Å². The third-order valence-electron chi connectivity index (χ3n) is 2.60. The van der Waals surface area contributed by atoms with E-state index in [4.69, 9.17) is 17.3 Å². The molecule has 4 N–H and O–H groups in total. The maximum atomic E-state index is 11.7. The molecule has 0 aliphatic carbocycles. The summed E-state index contributed by atoms with van der Waals surface area (Å²) in [7, 11) is 0. The van der Waals surface area contributed by atoms with Crippen molar-refractivity contribution in [3.8, 4) is 0 Å². The third kappa shape index (κ3) is 4.89. The fourth-order valence-corrected chi connectivity index (χ4v) is 1.81. The van der Waals surface area contributed by atoms with Gasteiger partial charge in [0.15, 0.2) is 0 Å². The standard InChI is InChI=1S/C13H18ClN3O2/c1-8(2)12(13(15)19)16-7-11(18)17-10-6-4-3-5-9(10)14/h3-6,8,12,16H,7H2,1-2H3,(H2,15,19)(H,17,18). The number of amides is 2. The van der Waals surface area contributed by atoms with Gasteiger partial charge in [-0.2, -0.15) is 0 Å². The van der Waals surface area contributed by atoms with E-state index in [-0.39, 0.29) is 18.4 Å². The molecule has 1 aromatic carbocycles. The molecule has 0 aliphatic rings. The normalized spacial score (nSPS) is 12.2. The third-order valence-corrected chi connectivity index (χ3v) is 2.93. The number of carbonyl (C=O) groups excluding carboxylic acids is 2. The average Bonchev–Trinajstić information content (AvgIpc) is 2.31. The van der Waals surface area contributed by atoms with Crippen LogP contribution in [0.15, 0.2) is 24.3 Å². The lowest BCUT2D eigenvalue weighted by atomic mass is 10.0. The van der Waals surface area contributed by atoms with Gasteiger partial charge in [-0.25, -0.2) is 0 Å². The summed E-state index contributed by atoms with van der Waals surface area (Å²) in [6.07, 6.45) is 0. The van der Waals surface area contributed by atoms with Crippen molar-refractivity contribution in [2.45, 2.75) is 19.9 Å². The van der Waals surface area contributed by atoms with E-state index in [2.05, 4.69) is 10.6 Å². The predicted molar refractivity (Wildman–Crippen MR) is 75.9 cm³/mol. The molecular weight excluding hydrogens is 266 g/mol. The van der Waals surface area contributed by atoms with Crippen molar-refractivity contribution in [2.75, 3.05) is 11.9 Å². The van der Waals surface area contributed by atoms with Crippen molar-refractivity contribution in [1.29, 1.82) is 0 Å². The highest BCUT2D eigenvalue weighted by Gasteiger charge is 2.19. The number of nitrogens with two attached hydrogens (primary N) is 1. The molecule has 6 heteroatoms. The molecule has 0 aliphatic heterocycles. The Morgan fingerprint density at radius 3 is 2.47 bits per heavy atom. The average molecular weight is 284 g/mol. The van der Waals surface area contributed by atoms with Gasteiger partial charge in [0, 0.05) is 0 Å². The fourth-order valence-electron chi connectivity index (χ4n) is 1.62. The molecule has 0 fully saturated rings. The molecule has 104 valence electrons. The molecule has 1 atom stereocenters. The number of halogens is 1. The zero-order valence-electron chi connectivity index (χ0n) is 10.9. The van der Waals surface area contributed by atoms with Crippen molar-refractivity contribution in [3.05, 3.63) is 29.3 Å². The molecule has 19 heavy (non-hydrogen) atoms. The van der Waals surface area contributed by atoms with E-state index in [9.17, 15) is 9.59 Å².